The summed E-state index contributed by atoms with van der Waals surface area (Å²) in [6, 6.07) is 8.06. The molecule has 32 heavy (non-hydrogen) atoms. The van der Waals surface area contributed by atoms with Crippen molar-refractivity contribution < 1.29 is 9.15 Å². The van der Waals surface area contributed by atoms with Crippen LogP contribution in [0.3, 0.4) is 0 Å². The highest BCUT2D eigenvalue weighted by molar-refractivity contribution is 5.83. The number of anilines is 1. The quantitative estimate of drug-likeness (QED) is 0.458. The number of ether oxygens (including phenoxy) is 1. The van der Waals surface area contributed by atoms with Gasteiger partial charge in [0.15, 0.2) is 11.3 Å². The van der Waals surface area contributed by atoms with Gasteiger partial charge in [-0.3, -0.25) is 4.90 Å². The van der Waals surface area contributed by atoms with Crippen molar-refractivity contribution in [2.75, 3.05) is 39.2 Å². The lowest BCUT2D eigenvalue weighted by molar-refractivity contribution is 0.296. The molecule has 4 heterocycles. The average molecular weight is 431 g/mol. The minimum absolute atomic E-state index is 0.297. The highest BCUT2D eigenvalue weighted by Gasteiger charge is 2.29. The first-order valence-electron chi connectivity index (χ1n) is 10.7. The zero-order valence-electron chi connectivity index (χ0n) is 18.5. The van der Waals surface area contributed by atoms with Gasteiger partial charge in [0.05, 0.1) is 19.3 Å². The summed E-state index contributed by atoms with van der Waals surface area (Å²) in [5.74, 6) is 2.72. The van der Waals surface area contributed by atoms with Crippen molar-refractivity contribution in [3.8, 4) is 16.9 Å². The molecule has 8 nitrogen and oxygen atoms in total. The minimum atomic E-state index is 0.297. The van der Waals surface area contributed by atoms with Gasteiger partial charge >= 0.3 is 0 Å². The largest absolute Gasteiger partial charge is 0.493 e. The molecule has 0 aliphatic carbocycles. The van der Waals surface area contributed by atoms with Gasteiger partial charge in [-0.1, -0.05) is 12.1 Å². The van der Waals surface area contributed by atoms with E-state index in [-0.39, 0.29) is 0 Å². The Bertz CT molecular complexity index is 1220. The second-order valence-electron chi connectivity index (χ2n) is 8.30. The second kappa shape index (κ2) is 8.55. The molecule has 0 saturated carbocycles. The third-order valence-electron chi connectivity index (χ3n) is 5.89. The molecular formula is C24H26N6O2. The summed E-state index contributed by atoms with van der Waals surface area (Å²) in [5.41, 5.74) is 3.79. The van der Waals surface area contributed by atoms with E-state index in [0.29, 0.717) is 11.9 Å². The van der Waals surface area contributed by atoms with Crippen LogP contribution >= 0.6 is 0 Å². The Balaban J connectivity index is 1.40. The first-order chi connectivity index (χ1) is 15.6. The van der Waals surface area contributed by atoms with Gasteiger partial charge in [0.1, 0.15) is 12.1 Å². The van der Waals surface area contributed by atoms with Crippen molar-refractivity contribution in [3.63, 3.8) is 0 Å². The monoisotopic (exact) mass is 430 g/mol. The number of furan rings is 1. The lowest BCUT2D eigenvalue weighted by atomic mass is 9.97. The number of rotatable bonds is 6. The van der Waals surface area contributed by atoms with Crippen LogP contribution in [0.25, 0.3) is 22.1 Å². The van der Waals surface area contributed by atoms with E-state index >= 15 is 0 Å². The van der Waals surface area contributed by atoms with Crippen LogP contribution in [0.5, 0.6) is 5.75 Å². The minimum Gasteiger partial charge on any atom is -0.493 e. The number of hydrogen-bond acceptors (Lipinski definition) is 8. The normalized spacial score (nSPS) is 16.5. The molecule has 1 aromatic carbocycles. The van der Waals surface area contributed by atoms with Gasteiger partial charge in [0, 0.05) is 61.7 Å². The summed E-state index contributed by atoms with van der Waals surface area (Å²) in [7, 11) is 5.59. The van der Waals surface area contributed by atoms with Crippen molar-refractivity contribution in [1.82, 2.24) is 24.8 Å². The molecule has 3 aromatic heterocycles. The standard InChI is InChI=1S/C24H26N6O2/c1-29(2)24-27-12-20(18-10-25-15-26-11-18)22(28-24)17-7-8-30(13-17)14-19-9-16-5-4-6-21(31-3)23(16)32-19/h4-6,9-12,15,17H,7-8,13-14H2,1-3H3/t17-/m1/s1. The van der Waals surface area contributed by atoms with E-state index in [1.807, 2.05) is 49.7 Å². The molecule has 0 unspecified atom stereocenters. The second-order valence-corrected chi connectivity index (χ2v) is 8.30. The number of likely N-dealkylation sites (tertiary alicyclic amines) is 1. The van der Waals surface area contributed by atoms with Crippen LogP contribution in [0.4, 0.5) is 5.95 Å². The van der Waals surface area contributed by atoms with E-state index in [2.05, 4.69) is 32.0 Å². The van der Waals surface area contributed by atoms with Crippen molar-refractivity contribution in [1.29, 1.82) is 0 Å². The molecule has 1 aliphatic rings. The van der Waals surface area contributed by atoms with E-state index in [9.17, 15) is 0 Å². The van der Waals surface area contributed by atoms with Crippen LogP contribution in [0.1, 0.15) is 23.8 Å². The van der Waals surface area contributed by atoms with Gasteiger partial charge in [0.25, 0.3) is 0 Å². The Kier molecular flexibility index (Phi) is 5.45. The number of aromatic nitrogens is 4. The van der Waals surface area contributed by atoms with Gasteiger partial charge in [-0.15, -0.1) is 0 Å². The zero-order valence-corrected chi connectivity index (χ0v) is 18.5. The van der Waals surface area contributed by atoms with Gasteiger partial charge in [0.2, 0.25) is 5.95 Å². The molecule has 0 spiro atoms. The topological polar surface area (TPSA) is 80.4 Å². The van der Waals surface area contributed by atoms with Crippen LogP contribution in [-0.4, -0.2) is 59.1 Å². The fourth-order valence-electron chi connectivity index (χ4n) is 4.32. The molecule has 5 rings (SSSR count). The molecule has 164 valence electrons. The summed E-state index contributed by atoms with van der Waals surface area (Å²) >= 11 is 0. The Morgan fingerprint density at radius 2 is 2.03 bits per heavy atom. The van der Waals surface area contributed by atoms with Gasteiger partial charge in [-0.05, 0) is 25.1 Å². The maximum atomic E-state index is 6.12. The summed E-state index contributed by atoms with van der Waals surface area (Å²) in [6.07, 6.45) is 8.09. The Morgan fingerprint density at radius 1 is 1.19 bits per heavy atom. The number of fused-ring (bicyclic) bond motifs is 1. The van der Waals surface area contributed by atoms with E-state index < -0.39 is 0 Å². The average Bonchev–Trinajstić information content (AvgIpc) is 3.45. The summed E-state index contributed by atoms with van der Waals surface area (Å²) in [5, 5.41) is 1.06. The fourth-order valence-corrected chi connectivity index (χ4v) is 4.32. The van der Waals surface area contributed by atoms with E-state index in [4.69, 9.17) is 14.1 Å². The van der Waals surface area contributed by atoms with Gasteiger partial charge in [-0.25, -0.2) is 19.9 Å². The van der Waals surface area contributed by atoms with Crippen molar-refractivity contribution in [2.24, 2.45) is 0 Å². The molecule has 1 atom stereocenters. The highest BCUT2D eigenvalue weighted by Crippen LogP contribution is 2.35. The number of methoxy groups -OCH3 is 1. The number of nitrogens with zero attached hydrogens (tertiary/aromatic N) is 6. The van der Waals surface area contributed by atoms with Crippen LogP contribution in [0, 0.1) is 0 Å². The third kappa shape index (κ3) is 3.89. The maximum absolute atomic E-state index is 6.12. The molecule has 0 amide bonds. The van der Waals surface area contributed by atoms with Crippen molar-refractivity contribution in [2.45, 2.75) is 18.9 Å². The number of para-hydroxylation sites is 1. The van der Waals surface area contributed by atoms with E-state index in [1.165, 1.54) is 6.33 Å². The molecule has 0 radical (unpaired) electrons. The smallest absolute Gasteiger partial charge is 0.225 e. The highest BCUT2D eigenvalue weighted by atomic mass is 16.5. The third-order valence-corrected chi connectivity index (χ3v) is 5.89. The molecule has 4 aromatic rings. The predicted molar refractivity (Wildman–Crippen MR) is 123 cm³/mol. The molecule has 0 N–H and O–H groups in total. The molecule has 1 saturated heterocycles. The van der Waals surface area contributed by atoms with Crippen molar-refractivity contribution in [3.05, 3.63) is 60.6 Å². The first-order valence-corrected chi connectivity index (χ1v) is 10.7. The van der Waals surface area contributed by atoms with Crippen LogP contribution in [-0.2, 0) is 6.54 Å². The SMILES string of the molecule is COc1cccc2cc(CN3CC[C@@H](c4nc(N(C)C)ncc4-c4cncnc4)C3)oc12. The number of benzene rings is 1. The molecular weight excluding hydrogens is 404 g/mol. The van der Waals surface area contributed by atoms with Gasteiger partial charge < -0.3 is 14.1 Å². The van der Waals surface area contributed by atoms with Crippen LogP contribution in [0.2, 0.25) is 0 Å². The Morgan fingerprint density at radius 3 is 2.81 bits per heavy atom. The Hall–Kier alpha value is -3.52. The predicted octanol–water partition coefficient (Wildman–Crippen LogP) is 3.74. The summed E-state index contributed by atoms with van der Waals surface area (Å²) in [6.45, 7) is 2.63. The van der Waals surface area contributed by atoms with E-state index in [1.54, 1.807) is 7.11 Å². The molecule has 8 heteroatoms. The first kappa shape index (κ1) is 20.4. The molecule has 1 aliphatic heterocycles. The fraction of sp³-hybridized carbons (Fsp3) is 0.333. The number of hydrogen-bond donors (Lipinski definition) is 0. The lowest BCUT2D eigenvalue weighted by Gasteiger charge is -2.19. The van der Waals surface area contributed by atoms with Crippen molar-refractivity contribution >= 4 is 16.9 Å². The lowest BCUT2D eigenvalue weighted by Crippen LogP contribution is -2.20. The Labute approximate surface area is 186 Å². The van der Waals surface area contributed by atoms with Crippen LogP contribution in [0.15, 0.2) is 53.6 Å². The van der Waals surface area contributed by atoms with E-state index in [0.717, 1.165) is 65.4 Å². The zero-order chi connectivity index (χ0) is 22.1. The van der Waals surface area contributed by atoms with Crippen LogP contribution < -0.4 is 9.64 Å². The molecule has 0 bridgehead atoms. The maximum Gasteiger partial charge on any atom is 0.225 e. The summed E-state index contributed by atoms with van der Waals surface area (Å²) in [4.78, 5) is 22.2. The summed E-state index contributed by atoms with van der Waals surface area (Å²) < 4.78 is 11.6. The molecule has 1 fully saturated rings. The van der Waals surface area contributed by atoms with Gasteiger partial charge in [-0.2, -0.15) is 0 Å².